The summed E-state index contributed by atoms with van der Waals surface area (Å²) in [5.74, 6) is 1.29. The molecule has 1 aromatic heterocycles. The van der Waals surface area contributed by atoms with Crippen LogP contribution in [0.1, 0.15) is 26.3 Å². The minimum atomic E-state index is -0.00333. The number of carbonyl (C=O) groups is 2. The summed E-state index contributed by atoms with van der Waals surface area (Å²) in [7, 11) is 0. The molecule has 0 atom stereocenters. The van der Waals surface area contributed by atoms with E-state index < -0.39 is 0 Å². The number of amides is 2. The van der Waals surface area contributed by atoms with Crippen LogP contribution in [0.5, 0.6) is 5.75 Å². The van der Waals surface area contributed by atoms with Gasteiger partial charge < -0.3 is 19.9 Å². The molecule has 168 valence electrons. The molecule has 1 fully saturated rings. The lowest BCUT2D eigenvalue weighted by atomic mass is 10.1. The van der Waals surface area contributed by atoms with E-state index in [1.165, 1.54) is 23.1 Å². The van der Waals surface area contributed by atoms with Crippen molar-refractivity contribution in [2.45, 2.75) is 37.6 Å². The lowest BCUT2D eigenvalue weighted by Crippen LogP contribution is -2.49. The van der Waals surface area contributed by atoms with Gasteiger partial charge in [0.15, 0.2) is 4.34 Å². The molecular formula is C21H29N5O3S2. The lowest BCUT2D eigenvalue weighted by Gasteiger charge is -2.34. The first-order chi connectivity index (χ1) is 14.9. The van der Waals surface area contributed by atoms with Crippen molar-refractivity contribution in [3.05, 3.63) is 29.8 Å². The number of piperazine rings is 1. The van der Waals surface area contributed by atoms with Gasteiger partial charge in [0.05, 0.1) is 18.8 Å². The van der Waals surface area contributed by atoms with E-state index in [4.69, 9.17) is 4.74 Å². The van der Waals surface area contributed by atoms with E-state index in [-0.39, 0.29) is 17.9 Å². The van der Waals surface area contributed by atoms with Gasteiger partial charge in [-0.15, -0.1) is 10.2 Å². The second-order valence-electron chi connectivity index (χ2n) is 7.48. The summed E-state index contributed by atoms with van der Waals surface area (Å²) < 4.78 is 6.23. The molecule has 1 saturated heterocycles. The Labute approximate surface area is 191 Å². The molecule has 0 radical (unpaired) electrons. The van der Waals surface area contributed by atoms with Crippen molar-refractivity contribution in [3.63, 3.8) is 0 Å². The fourth-order valence-corrected chi connectivity index (χ4v) is 4.89. The third-order valence-corrected chi connectivity index (χ3v) is 6.78. The normalized spacial score (nSPS) is 14.1. The molecule has 1 aliphatic heterocycles. The molecule has 8 nitrogen and oxygen atoms in total. The Hall–Kier alpha value is -2.33. The highest BCUT2D eigenvalue weighted by Crippen LogP contribution is 2.28. The van der Waals surface area contributed by atoms with Crippen LogP contribution < -0.4 is 15.0 Å². The molecule has 0 spiro atoms. The lowest BCUT2D eigenvalue weighted by molar-refractivity contribution is -0.130. The van der Waals surface area contributed by atoms with Gasteiger partial charge in [0.1, 0.15) is 5.75 Å². The number of nitrogens with zero attached hydrogens (tertiary/aromatic N) is 4. The van der Waals surface area contributed by atoms with E-state index >= 15 is 0 Å². The molecule has 0 unspecified atom stereocenters. The van der Waals surface area contributed by atoms with Crippen LogP contribution in [0.4, 0.5) is 5.13 Å². The molecule has 0 saturated carbocycles. The third kappa shape index (κ3) is 7.10. The van der Waals surface area contributed by atoms with Gasteiger partial charge in [0, 0.05) is 32.2 Å². The highest BCUT2D eigenvalue weighted by molar-refractivity contribution is 8.01. The highest BCUT2D eigenvalue weighted by Gasteiger charge is 2.23. The van der Waals surface area contributed by atoms with Gasteiger partial charge in [0.2, 0.25) is 16.9 Å². The van der Waals surface area contributed by atoms with Crippen molar-refractivity contribution in [2.75, 3.05) is 43.4 Å². The Bertz CT molecular complexity index is 864. The van der Waals surface area contributed by atoms with Gasteiger partial charge in [-0.05, 0) is 38.5 Å². The Morgan fingerprint density at radius 2 is 1.87 bits per heavy atom. The molecule has 1 aromatic carbocycles. The number of ether oxygens (including phenoxy) is 1. The van der Waals surface area contributed by atoms with Crippen LogP contribution in [-0.4, -0.2) is 71.5 Å². The summed E-state index contributed by atoms with van der Waals surface area (Å²) in [4.78, 5) is 28.5. The van der Waals surface area contributed by atoms with Crippen molar-refractivity contribution in [3.8, 4) is 5.75 Å². The van der Waals surface area contributed by atoms with Gasteiger partial charge in [-0.25, -0.2) is 0 Å². The first-order valence-electron chi connectivity index (χ1n) is 10.4. The zero-order valence-electron chi connectivity index (χ0n) is 18.2. The van der Waals surface area contributed by atoms with Crippen LogP contribution in [-0.2, 0) is 16.0 Å². The monoisotopic (exact) mass is 463 g/mol. The topological polar surface area (TPSA) is 87.7 Å². The second-order valence-corrected chi connectivity index (χ2v) is 9.66. The number of aromatic nitrogens is 2. The zero-order chi connectivity index (χ0) is 22.2. The molecule has 2 aromatic rings. The van der Waals surface area contributed by atoms with Crippen molar-refractivity contribution < 1.29 is 14.3 Å². The van der Waals surface area contributed by atoms with E-state index in [1.807, 2.05) is 49.9 Å². The average Bonchev–Trinajstić information content (AvgIpc) is 3.23. The van der Waals surface area contributed by atoms with E-state index in [2.05, 4.69) is 20.4 Å². The van der Waals surface area contributed by atoms with Crippen LogP contribution in [0.2, 0.25) is 0 Å². The molecule has 1 N–H and O–H groups in total. The number of hydrogen-bond donors (Lipinski definition) is 1. The van der Waals surface area contributed by atoms with Crippen LogP contribution in [0.15, 0.2) is 28.6 Å². The summed E-state index contributed by atoms with van der Waals surface area (Å²) in [5.41, 5.74) is 0.989. The quantitative estimate of drug-likeness (QED) is 0.572. The number of thioether (sulfide) groups is 1. The van der Waals surface area contributed by atoms with Crippen molar-refractivity contribution in [1.29, 1.82) is 0 Å². The first-order valence-corrected chi connectivity index (χ1v) is 12.2. The van der Waals surface area contributed by atoms with E-state index in [0.717, 1.165) is 33.9 Å². The first kappa shape index (κ1) is 23.3. The largest absolute Gasteiger partial charge is 0.494 e. The summed E-state index contributed by atoms with van der Waals surface area (Å²) in [5, 5.41) is 12.2. The van der Waals surface area contributed by atoms with Crippen molar-refractivity contribution >= 4 is 40.0 Å². The Kier molecular flexibility index (Phi) is 8.53. The van der Waals surface area contributed by atoms with Crippen LogP contribution in [0.25, 0.3) is 0 Å². The maximum absolute atomic E-state index is 12.7. The van der Waals surface area contributed by atoms with Crippen molar-refractivity contribution in [2.24, 2.45) is 0 Å². The fraction of sp³-hybridized carbons (Fsp3) is 0.524. The van der Waals surface area contributed by atoms with Crippen LogP contribution >= 0.6 is 23.1 Å². The molecule has 1 aliphatic rings. The van der Waals surface area contributed by atoms with Gasteiger partial charge in [0.25, 0.3) is 0 Å². The smallest absolute Gasteiger partial charge is 0.230 e. The Balaban J connectivity index is 1.44. The van der Waals surface area contributed by atoms with Crippen LogP contribution in [0, 0.1) is 0 Å². The highest BCUT2D eigenvalue weighted by atomic mass is 32.2. The standard InChI is InChI=1S/C21H29N5O3S2/c1-4-29-17-7-5-16(6-8-17)13-19(28)25-9-11-26(12-10-25)20-23-24-21(31-20)30-14-18(27)22-15(2)3/h5-8,15H,4,9-14H2,1-3H3,(H,22,27). The number of hydrogen-bond acceptors (Lipinski definition) is 8. The number of rotatable bonds is 9. The SMILES string of the molecule is CCOc1ccc(CC(=O)N2CCN(c3nnc(SCC(=O)NC(C)C)s3)CC2)cc1. The summed E-state index contributed by atoms with van der Waals surface area (Å²) in [6.45, 7) is 9.23. The fourth-order valence-electron chi connectivity index (χ4n) is 3.18. The summed E-state index contributed by atoms with van der Waals surface area (Å²) >= 11 is 2.89. The molecule has 3 rings (SSSR count). The average molecular weight is 464 g/mol. The third-order valence-electron chi connectivity index (χ3n) is 4.66. The van der Waals surface area contributed by atoms with Gasteiger partial charge in [-0.3, -0.25) is 9.59 Å². The molecule has 31 heavy (non-hydrogen) atoms. The minimum Gasteiger partial charge on any atom is -0.494 e. The second kappa shape index (κ2) is 11.3. The maximum Gasteiger partial charge on any atom is 0.230 e. The predicted molar refractivity (Wildman–Crippen MR) is 124 cm³/mol. The summed E-state index contributed by atoms with van der Waals surface area (Å²) in [6, 6.07) is 7.83. The number of carbonyl (C=O) groups excluding carboxylic acids is 2. The zero-order valence-corrected chi connectivity index (χ0v) is 19.8. The molecular weight excluding hydrogens is 434 g/mol. The maximum atomic E-state index is 12.7. The number of benzene rings is 1. The molecule has 2 amide bonds. The van der Waals surface area contributed by atoms with Gasteiger partial charge >= 0.3 is 0 Å². The van der Waals surface area contributed by atoms with Crippen molar-refractivity contribution in [1.82, 2.24) is 20.4 Å². The Morgan fingerprint density at radius 3 is 2.52 bits per heavy atom. The summed E-state index contributed by atoms with van der Waals surface area (Å²) in [6.07, 6.45) is 0.393. The molecule has 2 heterocycles. The molecule has 10 heteroatoms. The van der Waals surface area contributed by atoms with E-state index in [0.29, 0.717) is 31.9 Å². The van der Waals surface area contributed by atoms with E-state index in [1.54, 1.807) is 0 Å². The molecule has 0 aliphatic carbocycles. The Morgan fingerprint density at radius 1 is 1.16 bits per heavy atom. The number of nitrogens with one attached hydrogen (secondary N) is 1. The van der Waals surface area contributed by atoms with E-state index in [9.17, 15) is 9.59 Å². The molecule has 0 bridgehead atoms. The van der Waals surface area contributed by atoms with Crippen LogP contribution in [0.3, 0.4) is 0 Å². The predicted octanol–water partition coefficient (Wildman–Crippen LogP) is 2.44. The number of anilines is 1. The van der Waals surface area contributed by atoms with Gasteiger partial charge in [-0.2, -0.15) is 0 Å². The van der Waals surface area contributed by atoms with Gasteiger partial charge in [-0.1, -0.05) is 35.2 Å². The minimum absolute atomic E-state index is 0.00333.